The van der Waals surface area contributed by atoms with Gasteiger partial charge in [0.2, 0.25) is 0 Å². The van der Waals surface area contributed by atoms with Crippen molar-refractivity contribution in [2.75, 3.05) is 13.7 Å². The topological polar surface area (TPSA) is 50.4 Å². The Kier molecular flexibility index (Phi) is 6.24. The molecule has 2 rings (SSSR count). The third-order valence-corrected chi connectivity index (χ3v) is 3.37. The van der Waals surface area contributed by atoms with Crippen LogP contribution in [0.3, 0.4) is 0 Å². The van der Waals surface area contributed by atoms with Crippen LogP contribution in [-0.2, 0) is 6.42 Å². The van der Waals surface area contributed by atoms with Crippen LogP contribution < -0.4 is 15.4 Å². The van der Waals surface area contributed by atoms with E-state index in [2.05, 4.69) is 35.8 Å². The lowest BCUT2D eigenvalue weighted by molar-refractivity contribution is 0.244. The minimum Gasteiger partial charge on any atom is -0.497 e. The van der Waals surface area contributed by atoms with Crippen molar-refractivity contribution in [2.45, 2.75) is 13.3 Å². The quantitative estimate of drug-likeness (QED) is 0.858. The summed E-state index contributed by atoms with van der Waals surface area (Å²) in [5, 5.41) is 5.53. The number of methoxy groups -OCH3 is 1. The van der Waals surface area contributed by atoms with E-state index in [1.807, 2.05) is 36.4 Å². The fraction of sp³-hybridized carbons (Fsp3) is 0.211. The number of benzene rings is 2. The van der Waals surface area contributed by atoms with E-state index in [0.29, 0.717) is 6.54 Å². The van der Waals surface area contributed by atoms with Gasteiger partial charge in [0, 0.05) is 12.7 Å². The fourth-order valence-corrected chi connectivity index (χ4v) is 2.20. The third kappa shape index (κ3) is 5.87. The molecule has 0 aliphatic rings. The van der Waals surface area contributed by atoms with E-state index in [1.54, 1.807) is 13.3 Å². The van der Waals surface area contributed by atoms with Gasteiger partial charge in [0.1, 0.15) is 5.75 Å². The van der Waals surface area contributed by atoms with E-state index < -0.39 is 0 Å². The molecule has 2 aromatic rings. The molecule has 0 spiro atoms. The number of rotatable bonds is 6. The van der Waals surface area contributed by atoms with E-state index in [-0.39, 0.29) is 6.03 Å². The number of aryl methyl sites for hydroxylation is 1. The average molecular weight is 310 g/mol. The molecule has 0 aliphatic heterocycles. The zero-order valence-corrected chi connectivity index (χ0v) is 13.5. The number of carbonyl (C=O) groups is 1. The van der Waals surface area contributed by atoms with E-state index >= 15 is 0 Å². The van der Waals surface area contributed by atoms with Crippen molar-refractivity contribution in [3.63, 3.8) is 0 Å². The van der Waals surface area contributed by atoms with Crippen LogP contribution in [0.1, 0.15) is 16.7 Å². The summed E-state index contributed by atoms with van der Waals surface area (Å²) in [6.07, 6.45) is 4.26. The minimum absolute atomic E-state index is 0.211. The molecule has 0 aliphatic carbocycles. The molecule has 23 heavy (non-hydrogen) atoms. The number of urea groups is 1. The van der Waals surface area contributed by atoms with Crippen LogP contribution in [0.5, 0.6) is 5.75 Å². The van der Waals surface area contributed by atoms with Gasteiger partial charge in [0.15, 0.2) is 0 Å². The van der Waals surface area contributed by atoms with Gasteiger partial charge in [-0.2, -0.15) is 0 Å². The van der Waals surface area contributed by atoms with Crippen molar-refractivity contribution in [3.8, 4) is 5.75 Å². The molecular weight excluding hydrogens is 288 g/mol. The highest BCUT2D eigenvalue weighted by Crippen LogP contribution is 2.13. The van der Waals surface area contributed by atoms with Crippen LogP contribution in [0.4, 0.5) is 4.79 Å². The first-order valence-corrected chi connectivity index (χ1v) is 7.58. The molecule has 0 fully saturated rings. The van der Waals surface area contributed by atoms with Gasteiger partial charge in [-0.15, -0.1) is 0 Å². The number of hydrogen-bond donors (Lipinski definition) is 2. The van der Waals surface area contributed by atoms with Crippen molar-refractivity contribution < 1.29 is 9.53 Å². The molecule has 0 unspecified atom stereocenters. The van der Waals surface area contributed by atoms with Gasteiger partial charge in [-0.1, -0.05) is 42.0 Å². The van der Waals surface area contributed by atoms with Crippen LogP contribution >= 0.6 is 0 Å². The zero-order valence-electron chi connectivity index (χ0n) is 13.5. The maximum absolute atomic E-state index is 11.7. The molecule has 0 aromatic heterocycles. The van der Waals surface area contributed by atoms with E-state index in [1.165, 1.54) is 11.1 Å². The zero-order chi connectivity index (χ0) is 16.5. The second kappa shape index (κ2) is 8.63. The molecule has 0 radical (unpaired) electrons. The Balaban J connectivity index is 1.73. The van der Waals surface area contributed by atoms with Gasteiger partial charge in [-0.3, -0.25) is 0 Å². The van der Waals surface area contributed by atoms with Crippen molar-refractivity contribution >= 4 is 12.1 Å². The fourth-order valence-electron chi connectivity index (χ4n) is 2.20. The van der Waals surface area contributed by atoms with Gasteiger partial charge in [0.05, 0.1) is 7.11 Å². The Morgan fingerprint density at radius 3 is 2.78 bits per heavy atom. The first-order valence-electron chi connectivity index (χ1n) is 7.58. The first-order chi connectivity index (χ1) is 11.2. The second-order valence-electron chi connectivity index (χ2n) is 5.25. The van der Waals surface area contributed by atoms with Crippen LogP contribution in [0.25, 0.3) is 6.08 Å². The molecule has 2 aromatic carbocycles. The van der Waals surface area contributed by atoms with Crippen LogP contribution in [0.2, 0.25) is 0 Å². The lowest BCUT2D eigenvalue weighted by atomic mass is 10.1. The number of nitrogens with one attached hydrogen (secondary N) is 2. The Morgan fingerprint density at radius 2 is 2.00 bits per heavy atom. The molecule has 0 heterocycles. The smallest absolute Gasteiger partial charge is 0.318 e. The SMILES string of the molecule is COc1cccc(/C=C/NC(=O)NCCc2cccc(C)c2)c1. The number of carbonyl (C=O) groups excluding carboxylic acids is 1. The molecule has 120 valence electrons. The van der Waals surface area contributed by atoms with E-state index in [9.17, 15) is 4.79 Å². The normalized spacial score (nSPS) is 10.5. The van der Waals surface area contributed by atoms with Crippen LogP contribution in [0, 0.1) is 6.92 Å². The minimum atomic E-state index is -0.211. The maximum Gasteiger partial charge on any atom is 0.318 e. The van der Waals surface area contributed by atoms with Gasteiger partial charge in [-0.05, 0) is 42.7 Å². The van der Waals surface area contributed by atoms with Crippen LogP contribution in [-0.4, -0.2) is 19.7 Å². The second-order valence-corrected chi connectivity index (χ2v) is 5.25. The molecule has 0 atom stereocenters. The van der Waals surface area contributed by atoms with Gasteiger partial charge >= 0.3 is 6.03 Å². The summed E-state index contributed by atoms with van der Waals surface area (Å²) in [4.78, 5) is 11.7. The van der Waals surface area contributed by atoms with E-state index in [4.69, 9.17) is 4.74 Å². The highest BCUT2D eigenvalue weighted by molar-refractivity contribution is 5.75. The Bertz CT molecular complexity index is 681. The summed E-state index contributed by atoms with van der Waals surface area (Å²) < 4.78 is 5.15. The molecule has 2 N–H and O–H groups in total. The maximum atomic E-state index is 11.7. The lowest BCUT2D eigenvalue weighted by Gasteiger charge is -2.05. The summed E-state index contributed by atoms with van der Waals surface area (Å²) in [5.74, 6) is 0.787. The van der Waals surface area contributed by atoms with E-state index in [0.717, 1.165) is 17.7 Å². The first kappa shape index (κ1) is 16.6. The Hall–Kier alpha value is -2.75. The number of amides is 2. The van der Waals surface area contributed by atoms with Gasteiger partial charge in [0.25, 0.3) is 0 Å². The number of ether oxygens (including phenoxy) is 1. The third-order valence-electron chi connectivity index (χ3n) is 3.37. The highest BCUT2D eigenvalue weighted by atomic mass is 16.5. The Labute approximate surface area is 137 Å². The summed E-state index contributed by atoms with van der Waals surface area (Å²) >= 11 is 0. The lowest BCUT2D eigenvalue weighted by Crippen LogP contribution is -2.33. The summed E-state index contributed by atoms with van der Waals surface area (Å²) in [6.45, 7) is 2.66. The highest BCUT2D eigenvalue weighted by Gasteiger charge is 1.98. The molecule has 4 heteroatoms. The summed E-state index contributed by atoms with van der Waals surface area (Å²) in [6, 6.07) is 15.7. The molecule has 0 saturated carbocycles. The summed E-state index contributed by atoms with van der Waals surface area (Å²) in [5.41, 5.74) is 3.41. The van der Waals surface area contributed by atoms with Crippen LogP contribution in [0.15, 0.2) is 54.7 Å². The van der Waals surface area contributed by atoms with Gasteiger partial charge in [-0.25, -0.2) is 4.79 Å². The largest absolute Gasteiger partial charge is 0.497 e. The van der Waals surface area contributed by atoms with Gasteiger partial charge < -0.3 is 15.4 Å². The summed E-state index contributed by atoms with van der Waals surface area (Å²) in [7, 11) is 1.63. The molecule has 4 nitrogen and oxygen atoms in total. The Morgan fingerprint density at radius 1 is 1.17 bits per heavy atom. The number of hydrogen-bond acceptors (Lipinski definition) is 2. The predicted octanol–water partition coefficient (Wildman–Crippen LogP) is 3.52. The predicted molar refractivity (Wildman–Crippen MR) is 93.4 cm³/mol. The van der Waals surface area contributed by atoms with Crippen molar-refractivity contribution in [1.82, 2.24) is 10.6 Å². The standard InChI is InChI=1S/C19H22N2O2/c1-15-5-3-6-16(13-15)9-11-20-19(22)21-12-10-17-7-4-8-18(14-17)23-2/h3-8,10,12-14H,9,11H2,1-2H3,(H2,20,21,22)/b12-10+. The van der Waals surface area contributed by atoms with Crippen molar-refractivity contribution in [2.24, 2.45) is 0 Å². The average Bonchev–Trinajstić information content (AvgIpc) is 2.55. The molecule has 0 bridgehead atoms. The molecule has 2 amide bonds. The molecular formula is C19H22N2O2. The molecule has 0 saturated heterocycles. The van der Waals surface area contributed by atoms with Crippen molar-refractivity contribution in [3.05, 3.63) is 71.4 Å². The van der Waals surface area contributed by atoms with Crippen molar-refractivity contribution in [1.29, 1.82) is 0 Å². The monoisotopic (exact) mass is 310 g/mol.